The predicted octanol–water partition coefficient (Wildman–Crippen LogP) is 8.17. The van der Waals surface area contributed by atoms with Crippen LogP contribution in [-0.2, 0) is 19.1 Å². The van der Waals surface area contributed by atoms with Crippen molar-refractivity contribution in [2.45, 2.75) is 52.3 Å². The Bertz CT molecular complexity index is 2830. The van der Waals surface area contributed by atoms with Crippen LogP contribution in [0.1, 0.15) is 68.9 Å². The van der Waals surface area contributed by atoms with E-state index in [0.717, 1.165) is 81.9 Å². The van der Waals surface area contributed by atoms with Gasteiger partial charge in [-0.05, 0) is 99.5 Å². The second kappa shape index (κ2) is 16.8. The molecule has 0 aliphatic carbocycles. The number of aromatic nitrogens is 2. The normalized spacial score (nSPS) is 12.8. The molecular weight excluding hydrogens is 858 g/mol. The summed E-state index contributed by atoms with van der Waals surface area (Å²) in [5.74, 6) is -13.0. The fourth-order valence-corrected chi connectivity index (χ4v) is 7.17. The van der Waals surface area contributed by atoms with Crippen molar-refractivity contribution in [3.05, 3.63) is 118 Å². The topological polar surface area (TPSA) is 175 Å². The van der Waals surface area contributed by atoms with Gasteiger partial charge in [-0.15, -0.1) is 26.3 Å². The number of fused-ring (bicyclic) bond motifs is 2. The first-order chi connectivity index (χ1) is 29.4. The predicted molar refractivity (Wildman–Crippen MR) is 203 cm³/mol. The highest BCUT2D eigenvalue weighted by Crippen LogP contribution is 2.38. The van der Waals surface area contributed by atoms with Crippen LogP contribution in [0.15, 0.2) is 72.8 Å². The molecule has 0 saturated carbocycles. The van der Waals surface area contributed by atoms with E-state index in [4.69, 9.17) is 4.74 Å². The third-order valence-corrected chi connectivity index (χ3v) is 9.95. The van der Waals surface area contributed by atoms with E-state index in [1.807, 2.05) is 0 Å². The zero-order valence-electron chi connectivity index (χ0n) is 32.9. The molecule has 63 heavy (non-hydrogen) atoms. The minimum atomic E-state index is -5.01. The highest BCUT2D eigenvalue weighted by Gasteiger charge is 2.34. The van der Waals surface area contributed by atoms with Crippen LogP contribution in [-0.4, -0.2) is 68.3 Å². The molecule has 21 heteroatoms. The Morgan fingerprint density at radius 1 is 0.635 bits per heavy atom. The van der Waals surface area contributed by atoms with Gasteiger partial charge in [0.1, 0.15) is 18.0 Å². The average Bonchev–Trinajstić information content (AvgIpc) is 3.63. The fraction of sp³-hybridized carbons (Fsp3) is 0.214. The Morgan fingerprint density at radius 3 is 1.40 bits per heavy atom. The number of carbonyl (C=O) groups excluding carboxylic acids is 5. The SMILES string of the molecule is Cc1c(C(C)C(=O)NCC(=O)OC(=O)C(C)c2c(C)n(C(=O)c3ccc(OC(F)(F)F)cc3)c3cc(F)c(O)cc23)c2cc(O)c(F)cc2n1C(=O)c1ccc(OC(F)(F)F)cc1. The van der Waals surface area contributed by atoms with Crippen LogP contribution >= 0.6 is 0 Å². The summed E-state index contributed by atoms with van der Waals surface area (Å²) in [4.78, 5) is 67.1. The van der Waals surface area contributed by atoms with Crippen LogP contribution in [0.4, 0.5) is 35.1 Å². The molecule has 2 aromatic heterocycles. The van der Waals surface area contributed by atoms with Crippen LogP contribution in [0.2, 0.25) is 0 Å². The summed E-state index contributed by atoms with van der Waals surface area (Å²) in [6.45, 7) is 4.42. The number of nitrogens with one attached hydrogen (secondary N) is 1. The molecule has 2 unspecified atom stereocenters. The smallest absolute Gasteiger partial charge is 0.505 e. The van der Waals surface area contributed by atoms with Gasteiger partial charge in [0.25, 0.3) is 11.8 Å². The Balaban J connectivity index is 1.20. The number of hydrogen-bond donors (Lipinski definition) is 3. The summed E-state index contributed by atoms with van der Waals surface area (Å²) in [5, 5.41) is 22.7. The molecule has 2 atom stereocenters. The molecule has 3 N–H and O–H groups in total. The van der Waals surface area contributed by atoms with Crippen molar-refractivity contribution in [1.82, 2.24) is 14.5 Å². The van der Waals surface area contributed by atoms with E-state index in [0.29, 0.717) is 0 Å². The molecular formula is C42H31F8N3O10. The van der Waals surface area contributed by atoms with Gasteiger partial charge < -0.3 is 29.7 Å². The molecule has 0 spiro atoms. The summed E-state index contributed by atoms with van der Waals surface area (Å²) in [5.41, 5.74) is -0.498. The lowest BCUT2D eigenvalue weighted by atomic mass is 9.96. The highest BCUT2D eigenvalue weighted by atomic mass is 19.4. The monoisotopic (exact) mass is 889 g/mol. The number of benzene rings is 4. The zero-order valence-corrected chi connectivity index (χ0v) is 32.9. The van der Waals surface area contributed by atoms with Gasteiger partial charge in [0.15, 0.2) is 23.1 Å². The molecule has 1 amide bonds. The van der Waals surface area contributed by atoms with Gasteiger partial charge in [0.2, 0.25) is 5.91 Å². The number of carbonyl (C=O) groups is 5. The van der Waals surface area contributed by atoms with Crippen molar-refractivity contribution in [1.29, 1.82) is 0 Å². The second-order valence-electron chi connectivity index (χ2n) is 14.0. The van der Waals surface area contributed by atoms with Gasteiger partial charge in [-0.25, -0.2) is 13.6 Å². The van der Waals surface area contributed by atoms with Gasteiger partial charge >= 0.3 is 24.7 Å². The van der Waals surface area contributed by atoms with E-state index in [1.54, 1.807) is 0 Å². The Morgan fingerprint density at radius 2 is 1.02 bits per heavy atom. The summed E-state index contributed by atoms with van der Waals surface area (Å²) >= 11 is 0. The van der Waals surface area contributed by atoms with Gasteiger partial charge in [0.05, 0.1) is 22.9 Å². The molecule has 0 bridgehead atoms. The standard InChI is InChI=1S/C42H31F8N3O10/c1-18(35-20(3)52(30-15-28(43)32(54)13-26(30)35)38(58)22-5-9-24(10-6-22)62-41(45,46)47)37(57)51-17-34(56)61-40(60)19(2)36-21(4)53(31-16-29(44)33(55)14-27(31)36)39(59)23-7-11-25(12-8-23)63-42(48,49)50/h5-16,18-19,54-55H,17H2,1-4H3,(H,51,57). The first kappa shape index (κ1) is 45.1. The lowest BCUT2D eigenvalue weighted by molar-refractivity contribution is -0.275. The third-order valence-electron chi connectivity index (χ3n) is 9.95. The average molecular weight is 890 g/mol. The molecule has 4 aromatic carbocycles. The number of nitrogens with zero attached hydrogens (tertiary/aromatic N) is 2. The van der Waals surface area contributed by atoms with Gasteiger partial charge in [-0.2, -0.15) is 0 Å². The highest BCUT2D eigenvalue weighted by molar-refractivity contribution is 6.07. The molecule has 0 fully saturated rings. The summed E-state index contributed by atoms with van der Waals surface area (Å²) in [6, 6.07) is 11.1. The number of aromatic hydroxyl groups is 2. The number of esters is 2. The second-order valence-corrected chi connectivity index (χ2v) is 14.0. The quantitative estimate of drug-likeness (QED) is 0.0692. The first-order valence-electron chi connectivity index (χ1n) is 18.3. The van der Waals surface area contributed by atoms with Crippen LogP contribution in [0, 0.1) is 25.5 Å². The molecule has 13 nitrogen and oxygen atoms in total. The first-order valence-corrected chi connectivity index (χ1v) is 18.3. The maximum absolute atomic E-state index is 14.6. The number of rotatable bonds is 10. The van der Waals surface area contributed by atoms with E-state index in [2.05, 4.69) is 14.8 Å². The van der Waals surface area contributed by atoms with Crippen molar-refractivity contribution in [2.24, 2.45) is 0 Å². The number of hydrogen-bond acceptors (Lipinski definition) is 10. The lowest BCUT2D eigenvalue weighted by Crippen LogP contribution is -2.35. The number of phenolic OH excluding ortho intramolecular Hbond substituents is 2. The van der Waals surface area contributed by atoms with E-state index >= 15 is 0 Å². The number of alkyl halides is 6. The molecule has 330 valence electrons. The molecule has 2 heterocycles. The maximum Gasteiger partial charge on any atom is 0.573 e. The zero-order chi connectivity index (χ0) is 46.5. The van der Waals surface area contributed by atoms with Crippen molar-refractivity contribution in [3.63, 3.8) is 0 Å². The van der Waals surface area contributed by atoms with Crippen molar-refractivity contribution in [3.8, 4) is 23.0 Å². The van der Waals surface area contributed by atoms with E-state index < -0.39 is 95.4 Å². The third kappa shape index (κ3) is 9.26. The van der Waals surface area contributed by atoms with Gasteiger partial charge in [-0.3, -0.25) is 28.3 Å². The molecule has 0 aliphatic heterocycles. The Labute approximate surface area is 349 Å². The van der Waals surface area contributed by atoms with E-state index in [9.17, 15) is 69.3 Å². The summed E-state index contributed by atoms with van der Waals surface area (Å²) < 4.78 is 120. The minimum Gasteiger partial charge on any atom is -0.505 e. The van der Waals surface area contributed by atoms with E-state index in [1.165, 1.54) is 27.7 Å². The molecule has 6 aromatic rings. The minimum absolute atomic E-state index is 0.000984. The van der Waals surface area contributed by atoms with Crippen LogP contribution < -0.4 is 14.8 Å². The van der Waals surface area contributed by atoms with Crippen molar-refractivity contribution >= 4 is 51.5 Å². The van der Waals surface area contributed by atoms with Crippen molar-refractivity contribution in [2.75, 3.05) is 6.54 Å². The maximum atomic E-state index is 14.6. The fourth-order valence-electron chi connectivity index (χ4n) is 7.17. The number of halogens is 8. The lowest BCUT2D eigenvalue weighted by Gasteiger charge is -2.15. The van der Waals surface area contributed by atoms with Crippen LogP contribution in [0.5, 0.6) is 23.0 Å². The van der Waals surface area contributed by atoms with Crippen molar-refractivity contribution < 1.29 is 83.5 Å². The van der Waals surface area contributed by atoms with Crippen LogP contribution in [0.25, 0.3) is 21.8 Å². The molecule has 0 radical (unpaired) electrons. The number of ether oxygens (including phenoxy) is 3. The molecule has 6 rings (SSSR count). The molecule has 0 aliphatic rings. The van der Waals surface area contributed by atoms with Gasteiger partial charge in [-0.1, -0.05) is 0 Å². The number of phenols is 2. The number of amides is 1. The van der Waals surface area contributed by atoms with Gasteiger partial charge in [0, 0.05) is 45.4 Å². The molecule has 0 saturated heterocycles. The largest absolute Gasteiger partial charge is 0.573 e. The summed E-state index contributed by atoms with van der Waals surface area (Å²) in [6.07, 6.45) is -10.0. The van der Waals surface area contributed by atoms with Crippen LogP contribution in [0.3, 0.4) is 0 Å². The Hall–Kier alpha value is -7.45. The van der Waals surface area contributed by atoms with E-state index in [-0.39, 0.29) is 55.4 Å². The summed E-state index contributed by atoms with van der Waals surface area (Å²) in [7, 11) is 0. The Kier molecular flexibility index (Phi) is 12.0.